The molecule has 0 aliphatic heterocycles. The highest BCUT2D eigenvalue weighted by molar-refractivity contribution is 6.13. The van der Waals surface area contributed by atoms with E-state index in [0.717, 1.165) is 31.8 Å². The average Bonchev–Trinajstić information content (AvgIpc) is 2.75. The third kappa shape index (κ3) is 6.88. The van der Waals surface area contributed by atoms with Gasteiger partial charge in [-0.1, -0.05) is 38.1 Å². The highest BCUT2D eigenvalue weighted by Crippen LogP contribution is 2.20. The molecule has 0 aliphatic carbocycles. The molecule has 0 bridgehead atoms. The topological polar surface area (TPSA) is 22.1 Å². The lowest BCUT2D eigenvalue weighted by Crippen LogP contribution is -2.24. The monoisotopic (exact) mass is 408 g/mol. The number of anilines is 2. The lowest BCUT2D eigenvalue weighted by molar-refractivity contribution is 0.294. The van der Waals surface area contributed by atoms with Crippen molar-refractivity contribution in [1.29, 1.82) is 0 Å². The van der Waals surface area contributed by atoms with Crippen molar-refractivity contribution in [3.8, 4) is 0 Å². The summed E-state index contributed by atoms with van der Waals surface area (Å²) in [5.74, 6) is 0. The van der Waals surface area contributed by atoms with Crippen LogP contribution < -0.4 is 9.80 Å². The Morgan fingerprint density at radius 3 is 1.57 bits per heavy atom. The summed E-state index contributed by atoms with van der Waals surface area (Å²) < 4.78 is 0. The first-order valence-electron chi connectivity index (χ1n) is 11.2. The van der Waals surface area contributed by atoms with E-state index in [0.29, 0.717) is 0 Å². The Kier molecular flexibility index (Phi) is 9.38. The maximum atomic E-state index is 5.19. The second kappa shape index (κ2) is 11.8. The smallest absolute Gasteiger partial charge is 0.0722 e. The first-order valence-corrected chi connectivity index (χ1v) is 11.2. The zero-order chi connectivity index (χ0) is 22.1. The Balaban J connectivity index is 2.27. The minimum atomic E-state index is 0.289. The van der Waals surface area contributed by atoms with Gasteiger partial charge in [0, 0.05) is 56.7 Å². The molecule has 0 fully saturated rings. The van der Waals surface area contributed by atoms with E-state index in [1.807, 2.05) is 0 Å². The second-order valence-electron chi connectivity index (χ2n) is 8.38. The number of hydrogen-bond donors (Lipinski definition) is 0. The average molecular weight is 409 g/mol. The van der Waals surface area contributed by atoms with Crippen LogP contribution in [0.4, 0.5) is 11.4 Å². The molecule has 1 unspecified atom stereocenters. The maximum Gasteiger partial charge on any atom is 0.0722 e. The van der Waals surface area contributed by atoms with E-state index in [2.05, 4.69) is 112 Å². The summed E-state index contributed by atoms with van der Waals surface area (Å²) >= 11 is 0. The first-order chi connectivity index (χ1) is 14.3. The molecule has 0 amide bonds. The van der Waals surface area contributed by atoms with Gasteiger partial charge in [0.1, 0.15) is 0 Å². The Labute approximate surface area is 184 Å². The number of benzene rings is 2. The Morgan fingerprint density at radius 2 is 1.20 bits per heavy atom. The quantitative estimate of drug-likeness (QED) is 0.479. The molecule has 2 aromatic carbocycles. The van der Waals surface area contributed by atoms with Crippen molar-refractivity contribution < 1.29 is 0 Å². The van der Waals surface area contributed by atoms with E-state index >= 15 is 0 Å². The Hall–Kier alpha value is -2.33. The van der Waals surface area contributed by atoms with E-state index in [1.54, 1.807) is 0 Å². The molecule has 1 atom stereocenters. The van der Waals surface area contributed by atoms with Gasteiger partial charge >= 0.3 is 0 Å². The van der Waals surface area contributed by atoms with Gasteiger partial charge in [-0.3, -0.25) is 4.99 Å². The van der Waals surface area contributed by atoms with Gasteiger partial charge in [0.2, 0.25) is 0 Å². The Morgan fingerprint density at radius 1 is 0.767 bits per heavy atom. The molecule has 0 N–H and O–H groups in total. The highest BCUT2D eigenvalue weighted by atomic mass is 15.1. The SMILES string of the molecule is CCN(CC)CCCC(C)N=C(c1ccc(N(C)C)cc1)c1ccc(N(C)C)cc1. The largest absolute Gasteiger partial charge is 0.378 e. The Bertz CT molecular complexity index is 718. The van der Waals surface area contributed by atoms with E-state index in [9.17, 15) is 0 Å². The standard InChI is InChI=1S/C26H40N4/c1-8-30(9-2)20-10-11-21(3)27-26(22-12-16-24(17-13-22)28(4)5)23-14-18-25(19-15-23)29(6)7/h12-19,21H,8-11,20H2,1-7H3. The molecule has 4 heteroatoms. The predicted molar refractivity (Wildman–Crippen MR) is 134 cm³/mol. The van der Waals surface area contributed by atoms with Crippen LogP contribution in [0.2, 0.25) is 0 Å². The zero-order valence-corrected chi connectivity index (χ0v) is 20.0. The van der Waals surface area contributed by atoms with Crippen molar-refractivity contribution in [1.82, 2.24) is 4.90 Å². The van der Waals surface area contributed by atoms with Crippen LogP contribution in [-0.2, 0) is 0 Å². The minimum absolute atomic E-state index is 0.289. The summed E-state index contributed by atoms with van der Waals surface area (Å²) in [6.07, 6.45) is 2.28. The van der Waals surface area contributed by atoms with Crippen LogP contribution in [0.25, 0.3) is 0 Å². The molecule has 0 heterocycles. The first kappa shape index (κ1) is 23.9. The molecule has 164 valence electrons. The fraction of sp³-hybridized carbons (Fsp3) is 0.500. The number of nitrogens with zero attached hydrogens (tertiary/aromatic N) is 4. The van der Waals surface area contributed by atoms with Crippen LogP contribution in [-0.4, -0.2) is 64.5 Å². The predicted octanol–water partition coefficient (Wildman–Crippen LogP) is 5.17. The van der Waals surface area contributed by atoms with Gasteiger partial charge in [-0.25, -0.2) is 0 Å². The minimum Gasteiger partial charge on any atom is -0.378 e. The van der Waals surface area contributed by atoms with Crippen LogP contribution in [0.1, 0.15) is 44.7 Å². The normalized spacial score (nSPS) is 12.0. The summed E-state index contributed by atoms with van der Waals surface area (Å²) in [5, 5.41) is 0. The molecule has 2 aromatic rings. The van der Waals surface area contributed by atoms with Crippen molar-refractivity contribution in [2.45, 2.75) is 39.7 Å². The van der Waals surface area contributed by atoms with Crippen molar-refractivity contribution in [2.75, 3.05) is 57.6 Å². The molecule has 4 nitrogen and oxygen atoms in total. The van der Waals surface area contributed by atoms with Gasteiger partial charge < -0.3 is 14.7 Å². The molecule has 0 aromatic heterocycles. The molecule has 0 saturated carbocycles. The molecular weight excluding hydrogens is 368 g/mol. The van der Waals surface area contributed by atoms with E-state index < -0.39 is 0 Å². The highest BCUT2D eigenvalue weighted by Gasteiger charge is 2.11. The molecular formula is C26H40N4. The fourth-order valence-electron chi connectivity index (χ4n) is 3.59. The van der Waals surface area contributed by atoms with Crippen LogP contribution >= 0.6 is 0 Å². The summed E-state index contributed by atoms with van der Waals surface area (Å²) in [7, 11) is 8.29. The van der Waals surface area contributed by atoms with E-state index in [1.165, 1.54) is 28.9 Å². The van der Waals surface area contributed by atoms with Crippen molar-refractivity contribution in [3.05, 3.63) is 59.7 Å². The number of hydrogen-bond acceptors (Lipinski definition) is 4. The molecule has 30 heavy (non-hydrogen) atoms. The summed E-state index contributed by atoms with van der Waals surface area (Å²) in [5.41, 5.74) is 5.84. The van der Waals surface area contributed by atoms with Gasteiger partial charge in [-0.15, -0.1) is 0 Å². The van der Waals surface area contributed by atoms with Crippen LogP contribution in [0.3, 0.4) is 0 Å². The van der Waals surface area contributed by atoms with Gasteiger partial charge in [-0.2, -0.15) is 0 Å². The lowest BCUT2D eigenvalue weighted by Gasteiger charge is -2.19. The van der Waals surface area contributed by atoms with Crippen LogP contribution in [0, 0.1) is 0 Å². The van der Waals surface area contributed by atoms with E-state index in [-0.39, 0.29) is 6.04 Å². The lowest BCUT2D eigenvalue weighted by atomic mass is 10.0. The van der Waals surface area contributed by atoms with E-state index in [4.69, 9.17) is 4.99 Å². The third-order valence-corrected chi connectivity index (χ3v) is 5.65. The van der Waals surface area contributed by atoms with Gasteiger partial charge in [0.15, 0.2) is 0 Å². The van der Waals surface area contributed by atoms with Gasteiger partial charge in [0.05, 0.1) is 5.71 Å². The molecule has 0 aliphatic rings. The van der Waals surface area contributed by atoms with Crippen LogP contribution in [0.5, 0.6) is 0 Å². The third-order valence-electron chi connectivity index (χ3n) is 5.65. The zero-order valence-electron chi connectivity index (χ0n) is 20.0. The van der Waals surface area contributed by atoms with Gasteiger partial charge in [0.25, 0.3) is 0 Å². The van der Waals surface area contributed by atoms with Crippen LogP contribution in [0.15, 0.2) is 53.5 Å². The summed E-state index contributed by atoms with van der Waals surface area (Å²) in [6.45, 7) is 10.1. The fourth-order valence-corrected chi connectivity index (χ4v) is 3.59. The number of rotatable bonds is 11. The van der Waals surface area contributed by atoms with Crippen molar-refractivity contribution >= 4 is 17.1 Å². The summed E-state index contributed by atoms with van der Waals surface area (Å²) in [6, 6.07) is 17.7. The molecule has 2 rings (SSSR count). The molecule has 0 radical (unpaired) electrons. The summed E-state index contributed by atoms with van der Waals surface area (Å²) in [4.78, 5) is 11.9. The van der Waals surface area contributed by atoms with Crippen molar-refractivity contribution in [2.24, 2.45) is 4.99 Å². The van der Waals surface area contributed by atoms with Gasteiger partial charge in [-0.05, 0) is 63.7 Å². The maximum absolute atomic E-state index is 5.19. The number of aliphatic imine (C=N–C) groups is 1. The van der Waals surface area contributed by atoms with Crippen molar-refractivity contribution in [3.63, 3.8) is 0 Å². The molecule has 0 saturated heterocycles. The second-order valence-corrected chi connectivity index (χ2v) is 8.38. The molecule has 0 spiro atoms.